The van der Waals surface area contributed by atoms with Crippen molar-refractivity contribution in [2.75, 3.05) is 14.2 Å². The molecule has 0 amide bonds. The van der Waals surface area contributed by atoms with Crippen LogP contribution in [0.3, 0.4) is 0 Å². The number of nitrogens with one attached hydrogen (secondary N) is 1. The minimum Gasteiger partial charge on any atom is -0.495 e. The first kappa shape index (κ1) is 14.0. The molecule has 2 rings (SSSR count). The fraction of sp³-hybridized carbons (Fsp3) is 0.267. The summed E-state index contributed by atoms with van der Waals surface area (Å²) in [5.74, 6) is 0.791. The largest absolute Gasteiger partial charge is 0.495 e. The lowest BCUT2D eigenvalue weighted by Gasteiger charge is -2.19. The van der Waals surface area contributed by atoms with Gasteiger partial charge in [0.05, 0.1) is 13.2 Å². The van der Waals surface area contributed by atoms with Crippen LogP contribution < -0.4 is 10.1 Å². The summed E-state index contributed by atoms with van der Waals surface area (Å²) in [5.41, 5.74) is 3.26. The van der Waals surface area contributed by atoms with Gasteiger partial charge in [-0.2, -0.15) is 0 Å². The molecule has 2 aromatic rings. The summed E-state index contributed by atoms with van der Waals surface area (Å²) in [5, 5.41) is 3.30. The SMILES string of the molecule is CNC(c1cc(C)cc(Br)c1)c1ncccc1OC. The molecule has 1 N–H and O–H groups in total. The van der Waals surface area contributed by atoms with E-state index in [1.165, 1.54) is 5.56 Å². The maximum Gasteiger partial charge on any atom is 0.142 e. The Morgan fingerprint density at radius 2 is 2.11 bits per heavy atom. The lowest BCUT2D eigenvalue weighted by molar-refractivity contribution is 0.401. The summed E-state index contributed by atoms with van der Waals surface area (Å²) in [6.07, 6.45) is 1.78. The molecule has 0 aliphatic carbocycles. The quantitative estimate of drug-likeness (QED) is 0.936. The van der Waals surface area contributed by atoms with E-state index < -0.39 is 0 Å². The summed E-state index contributed by atoms with van der Waals surface area (Å²) in [6, 6.07) is 10.2. The molecule has 1 atom stereocenters. The first-order valence-electron chi connectivity index (χ1n) is 6.09. The average molecular weight is 321 g/mol. The van der Waals surface area contributed by atoms with E-state index in [4.69, 9.17) is 4.74 Å². The zero-order chi connectivity index (χ0) is 13.8. The first-order chi connectivity index (χ1) is 9.15. The highest BCUT2D eigenvalue weighted by molar-refractivity contribution is 9.10. The summed E-state index contributed by atoms with van der Waals surface area (Å²) in [4.78, 5) is 4.45. The van der Waals surface area contributed by atoms with Crippen LogP contribution in [0.1, 0.15) is 22.9 Å². The number of methoxy groups -OCH3 is 1. The van der Waals surface area contributed by atoms with Crippen LogP contribution in [-0.2, 0) is 0 Å². The molecule has 19 heavy (non-hydrogen) atoms. The molecule has 0 aliphatic heterocycles. The molecular formula is C15H17BrN2O. The van der Waals surface area contributed by atoms with Gasteiger partial charge in [0.25, 0.3) is 0 Å². The predicted octanol–water partition coefficient (Wildman–Crippen LogP) is 3.47. The lowest BCUT2D eigenvalue weighted by Crippen LogP contribution is -2.19. The summed E-state index contributed by atoms with van der Waals surface area (Å²) in [6.45, 7) is 2.08. The van der Waals surface area contributed by atoms with Crippen molar-refractivity contribution in [3.8, 4) is 5.75 Å². The molecule has 0 bridgehead atoms. The van der Waals surface area contributed by atoms with Crippen molar-refractivity contribution in [3.63, 3.8) is 0 Å². The molecule has 1 unspecified atom stereocenters. The van der Waals surface area contributed by atoms with E-state index in [9.17, 15) is 0 Å². The highest BCUT2D eigenvalue weighted by Gasteiger charge is 2.18. The molecule has 0 saturated heterocycles. The molecule has 0 fully saturated rings. The zero-order valence-electron chi connectivity index (χ0n) is 11.3. The molecule has 0 radical (unpaired) electrons. The average Bonchev–Trinajstić information content (AvgIpc) is 2.39. The fourth-order valence-electron chi connectivity index (χ4n) is 2.18. The fourth-order valence-corrected chi connectivity index (χ4v) is 2.81. The molecule has 0 aliphatic rings. The Bertz CT molecular complexity index is 552. The number of aryl methyl sites for hydroxylation is 1. The standard InChI is InChI=1S/C15H17BrN2O/c1-10-7-11(9-12(16)8-10)14(17-2)15-13(19-3)5-4-6-18-15/h4-9,14,17H,1-3H3. The maximum atomic E-state index is 5.40. The minimum absolute atomic E-state index is 0.00681. The number of benzene rings is 1. The smallest absolute Gasteiger partial charge is 0.142 e. The van der Waals surface area contributed by atoms with Gasteiger partial charge in [0, 0.05) is 10.7 Å². The number of rotatable bonds is 4. The van der Waals surface area contributed by atoms with Crippen molar-refractivity contribution in [2.24, 2.45) is 0 Å². The van der Waals surface area contributed by atoms with Gasteiger partial charge in [0.1, 0.15) is 11.4 Å². The van der Waals surface area contributed by atoms with E-state index in [1.807, 2.05) is 19.2 Å². The molecule has 1 aromatic heterocycles. The van der Waals surface area contributed by atoms with E-state index >= 15 is 0 Å². The van der Waals surface area contributed by atoms with E-state index in [1.54, 1.807) is 13.3 Å². The highest BCUT2D eigenvalue weighted by atomic mass is 79.9. The van der Waals surface area contributed by atoms with Gasteiger partial charge in [-0.1, -0.05) is 22.0 Å². The highest BCUT2D eigenvalue weighted by Crippen LogP contribution is 2.29. The number of hydrogen-bond acceptors (Lipinski definition) is 3. The van der Waals surface area contributed by atoms with Crippen LogP contribution >= 0.6 is 15.9 Å². The van der Waals surface area contributed by atoms with Crippen LogP contribution in [0.2, 0.25) is 0 Å². The third-order valence-corrected chi connectivity index (χ3v) is 3.44. The van der Waals surface area contributed by atoms with E-state index in [-0.39, 0.29) is 6.04 Å². The van der Waals surface area contributed by atoms with Gasteiger partial charge < -0.3 is 10.1 Å². The molecule has 4 heteroatoms. The van der Waals surface area contributed by atoms with Crippen LogP contribution in [0.15, 0.2) is 41.0 Å². The van der Waals surface area contributed by atoms with Gasteiger partial charge in [-0.15, -0.1) is 0 Å². The van der Waals surface area contributed by atoms with E-state index in [2.05, 4.69) is 51.4 Å². The Balaban J connectivity index is 2.49. The summed E-state index contributed by atoms with van der Waals surface area (Å²) < 4.78 is 6.46. The van der Waals surface area contributed by atoms with Crippen LogP contribution in [-0.4, -0.2) is 19.1 Å². The molecule has 0 saturated carbocycles. The van der Waals surface area contributed by atoms with Crippen molar-refractivity contribution in [1.82, 2.24) is 10.3 Å². The minimum atomic E-state index is 0.00681. The molecule has 3 nitrogen and oxygen atoms in total. The van der Waals surface area contributed by atoms with E-state index in [0.717, 1.165) is 21.5 Å². The second-order valence-corrected chi connectivity index (χ2v) is 5.29. The first-order valence-corrected chi connectivity index (χ1v) is 6.88. The van der Waals surface area contributed by atoms with Gasteiger partial charge in [0.2, 0.25) is 0 Å². The summed E-state index contributed by atoms with van der Waals surface area (Å²) >= 11 is 3.54. The van der Waals surface area contributed by atoms with Crippen molar-refractivity contribution in [2.45, 2.75) is 13.0 Å². The molecule has 0 spiro atoms. The number of nitrogens with zero attached hydrogens (tertiary/aromatic N) is 1. The molecular weight excluding hydrogens is 304 g/mol. The second kappa shape index (κ2) is 6.17. The Morgan fingerprint density at radius 3 is 2.74 bits per heavy atom. The lowest BCUT2D eigenvalue weighted by atomic mass is 10.0. The van der Waals surface area contributed by atoms with Crippen LogP contribution in [0, 0.1) is 6.92 Å². The van der Waals surface area contributed by atoms with Crippen molar-refractivity contribution < 1.29 is 4.74 Å². The van der Waals surface area contributed by atoms with E-state index in [0.29, 0.717) is 0 Å². The Hall–Kier alpha value is -1.39. The Kier molecular flexibility index (Phi) is 4.56. The van der Waals surface area contributed by atoms with Crippen LogP contribution in [0.4, 0.5) is 0 Å². The van der Waals surface area contributed by atoms with Gasteiger partial charge in [0.15, 0.2) is 0 Å². The molecule has 1 heterocycles. The number of aromatic nitrogens is 1. The van der Waals surface area contributed by atoms with Gasteiger partial charge in [-0.3, -0.25) is 4.98 Å². The van der Waals surface area contributed by atoms with Gasteiger partial charge >= 0.3 is 0 Å². The molecule has 100 valence electrons. The van der Waals surface area contributed by atoms with Crippen molar-refractivity contribution in [1.29, 1.82) is 0 Å². The number of pyridine rings is 1. The topological polar surface area (TPSA) is 34.2 Å². The number of halogens is 1. The van der Waals surface area contributed by atoms with Crippen molar-refractivity contribution in [3.05, 3.63) is 57.8 Å². The Labute approximate surface area is 122 Å². The normalized spacial score (nSPS) is 12.2. The molecule has 1 aromatic carbocycles. The predicted molar refractivity (Wildman–Crippen MR) is 80.6 cm³/mol. The van der Waals surface area contributed by atoms with Gasteiger partial charge in [-0.25, -0.2) is 0 Å². The number of ether oxygens (including phenoxy) is 1. The van der Waals surface area contributed by atoms with Crippen LogP contribution in [0.25, 0.3) is 0 Å². The maximum absolute atomic E-state index is 5.40. The number of hydrogen-bond donors (Lipinski definition) is 1. The monoisotopic (exact) mass is 320 g/mol. The third kappa shape index (κ3) is 3.14. The van der Waals surface area contributed by atoms with Crippen molar-refractivity contribution >= 4 is 15.9 Å². The zero-order valence-corrected chi connectivity index (χ0v) is 12.9. The van der Waals surface area contributed by atoms with Crippen LogP contribution in [0.5, 0.6) is 5.75 Å². The summed E-state index contributed by atoms with van der Waals surface area (Å²) in [7, 11) is 3.59. The Morgan fingerprint density at radius 1 is 1.32 bits per heavy atom. The van der Waals surface area contributed by atoms with Gasteiger partial charge in [-0.05, 0) is 49.4 Å². The second-order valence-electron chi connectivity index (χ2n) is 4.37. The third-order valence-electron chi connectivity index (χ3n) is 2.98.